The Balaban J connectivity index is 1.59. The van der Waals surface area contributed by atoms with Crippen molar-refractivity contribution in [3.8, 4) is 0 Å². The molecule has 1 spiro atoms. The number of hydrogen-bond acceptors (Lipinski definition) is 4. The van der Waals surface area contributed by atoms with Crippen LogP contribution >= 0.6 is 0 Å². The first-order valence-corrected chi connectivity index (χ1v) is 8.55. The van der Waals surface area contributed by atoms with Crippen LogP contribution in [0, 0.1) is 0 Å². The molecule has 0 bridgehead atoms. The number of hydrogen-bond donors (Lipinski definition) is 1. The summed E-state index contributed by atoms with van der Waals surface area (Å²) in [6.45, 7) is 3.68. The minimum Gasteiger partial charge on any atom is -0.323 e. The minimum absolute atomic E-state index is 0.0475. The highest BCUT2D eigenvalue weighted by molar-refractivity contribution is 6.07. The molecule has 1 N–H and O–H groups in total. The Labute approximate surface area is 143 Å². The average molecular weight is 330 g/mol. The van der Waals surface area contributed by atoms with Crippen LogP contribution in [0.4, 0.5) is 4.79 Å². The van der Waals surface area contributed by atoms with Crippen molar-refractivity contribution in [1.29, 1.82) is 0 Å². The zero-order valence-electron chi connectivity index (χ0n) is 14.5. The molecule has 6 heteroatoms. The fourth-order valence-electron chi connectivity index (χ4n) is 3.45. The monoisotopic (exact) mass is 330 g/mol. The molecule has 3 amide bonds. The van der Waals surface area contributed by atoms with Crippen LogP contribution in [-0.2, 0) is 11.3 Å². The number of amides is 3. The van der Waals surface area contributed by atoms with Crippen LogP contribution in [0.3, 0.4) is 0 Å². The van der Waals surface area contributed by atoms with E-state index in [1.54, 1.807) is 0 Å². The number of benzene rings is 1. The zero-order chi connectivity index (χ0) is 17.2. The van der Waals surface area contributed by atoms with Gasteiger partial charge in [-0.05, 0) is 32.5 Å². The number of carbonyl (C=O) groups is 2. The van der Waals surface area contributed by atoms with Gasteiger partial charge in [-0.25, -0.2) is 4.79 Å². The largest absolute Gasteiger partial charge is 0.325 e. The van der Waals surface area contributed by atoms with E-state index >= 15 is 0 Å². The number of rotatable bonds is 5. The third kappa shape index (κ3) is 3.44. The number of likely N-dealkylation sites (tertiary alicyclic amines) is 1. The summed E-state index contributed by atoms with van der Waals surface area (Å²) in [4.78, 5) is 30.7. The van der Waals surface area contributed by atoms with Gasteiger partial charge in [-0.2, -0.15) is 0 Å². The molecule has 2 heterocycles. The summed E-state index contributed by atoms with van der Waals surface area (Å²) in [5.74, 6) is -0.0475. The van der Waals surface area contributed by atoms with E-state index in [0.717, 1.165) is 19.6 Å². The maximum absolute atomic E-state index is 12.8. The summed E-state index contributed by atoms with van der Waals surface area (Å²) in [6.07, 6.45) is 1.37. The second-order valence-corrected chi connectivity index (χ2v) is 7.03. The van der Waals surface area contributed by atoms with Crippen molar-refractivity contribution in [3.63, 3.8) is 0 Å². The molecule has 6 nitrogen and oxygen atoms in total. The molecule has 2 aliphatic heterocycles. The molecule has 1 aromatic carbocycles. The first-order valence-electron chi connectivity index (χ1n) is 8.55. The van der Waals surface area contributed by atoms with E-state index in [1.807, 2.05) is 37.2 Å². The van der Waals surface area contributed by atoms with Crippen LogP contribution in [0.25, 0.3) is 0 Å². The van der Waals surface area contributed by atoms with Crippen molar-refractivity contribution >= 4 is 11.9 Å². The van der Waals surface area contributed by atoms with Crippen molar-refractivity contribution in [2.45, 2.75) is 24.9 Å². The number of urea groups is 1. The van der Waals surface area contributed by atoms with Gasteiger partial charge in [0, 0.05) is 32.7 Å². The number of likely N-dealkylation sites (N-methyl/N-ethyl adjacent to an activating group) is 1. The van der Waals surface area contributed by atoms with E-state index < -0.39 is 5.54 Å². The Morgan fingerprint density at radius 3 is 2.42 bits per heavy atom. The van der Waals surface area contributed by atoms with E-state index in [1.165, 1.54) is 10.5 Å². The maximum atomic E-state index is 12.8. The van der Waals surface area contributed by atoms with Gasteiger partial charge in [0.25, 0.3) is 5.91 Å². The van der Waals surface area contributed by atoms with E-state index in [-0.39, 0.29) is 11.9 Å². The quantitative estimate of drug-likeness (QED) is 0.823. The predicted octanol–water partition coefficient (Wildman–Crippen LogP) is 1.13. The first kappa shape index (κ1) is 16.9. The molecule has 1 aromatic rings. The van der Waals surface area contributed by atoms with E-state index in [9.17, 15) is 9.59 Å². The Hall–Kier alpha value is -1.92. The van der Waals surface area contributed by atoms with Crippen molar-refractivity contribution in [2.75, 3.05) is 40.3 Å². The second kappa shape index (κ2) is 6.91. The summed E-state index contributed by atoms with van der Waals surface area (Å²) in [7, 11) is 3.88. The van der Waals surface area contributed by atoms with Gasteiger partial charge in [0.15, 0.2) is 0 Å². The highest BCUT2D eigenvalue weighted by Crippen LogP contribution is 2.30. The van der Waals surface area contributed by atoms with Gasteiger partial charge >= 0.3 is 6.03 Å². The lowest BCUT2D eigenvalue weighted by Gasteiger charge is -2.37. The molecule has 24 heavy (non-hydrogen) atoms. The summed E-state index contributed by atoms with van der Waals surface area (Å²) in [5.41, 5.74) is 0.596. The number of carbonyl (C=O) groups excluding carboxylic acids is 2. The molecular weight excluding hydrogens is 304 g/mol. The number of nitrogens with one attached hydrogen (secondary N) is 1. The Kier molecular flexibility index (Phi) is 4.87. The predicted molar refractivity (Wildman–Crippen MR) is 92.5 cm³/mol. The normalized spacial score (nSPS) is 20.9. The fraction of sp³-hybridized carbons (Fsp3) is 0.556. The molecule has 130 valence electrons. The van der Waals surface area contributed by atoms with Crippen LogP contribution in [0.1, 0.15) is 18.4 Å². The summed E-state index contributed by atoms with van der Waals surface area (Å²) >= 11 is 0. The Morgan fingerprint density at radius 1 is 1.12 bits per heavy atom. The standard InChI is InChI=1S/C18H26N4O2/c1-20(2)12-13-22-16(23)18(19-17(22)24)8-10-21(11-9-18)14-15-6-4-3-5-7-15/h3-7H,8-14H2,1-2H3,(H,19,24). The lowest BCUT2D eigenvalue weighted by Crippen LogP contribution is -2.54. The van der Waals surface area contributed by atoms with Crippen LogP contribution in [-0.4, -0.2) is 72.5 Å². The third-order valence-corrected chi connectivity index (χ3v) is 4.98. The van der Waals surface area contributed by atoms with Gasteiger partial charge in [0.05, 0.1) is 0 Å². The molecule has 0 aliphatic carbocycles. The van der Waals surface area contributed by atoms with Crippen LogP contribution in [0.15, 0.2) is 30.3 Å². The molecule has 0 unspecified atom stereocenters. The van der Waals surface area contributed by atoms with Gasteiger partial charge < -0.3 is 10.2 Å². The van der Waals surface area contributed by atoms with Crippen molar-refractivity contribution < 1.29 is 9.59 Å². The lowest BCUT2D eigenvalue weighted by atomic mass is 9.87. The summed E-state index contributed by atoms with van der Waals surface area (Å²) < 4.78 is 0. The fourth-order valence-corrected chi connectivity index (χ4v) is 3.45. The number of piperidine rings is 1. The Morgan fingerprint density at radius 2 is 1.79 bits per heavy atom. The van der Waals surface area contributed by atoms with Gasteiger partial charge in [-0.1, -0.05) is 30.3 Å². The Bertz CT molecular complexity index is 594. The van der Waals surface area contributed by atoms with Gasteiger partial charge in [-0.15, -0.1) is 0 Å². The molecule has 2 saturated heterocycles. The molecular formula is C18H26N4O2. The molecule has 0 aromatic heterocycles. The van der Waals surface area contributed by atoms with Gasteiger partial charge in [0.1, 0.15) is 5.54 Å². The highest BCUT2D eigenvalue weighted by Gasteiger charge is 2.51. The van der Waals surface area contributed by atoms with Crippen molar-refractivity contribution in [2.24, 2.45) is 0 Å². The molecule has 2 fully saturated rings. The van der Waals surface area contributed by atoms with Crippen LogP contribution in [0.5, 0.6) is 0 Å². The summed E-state index contributed by atoms with van der Waals surface area (Å²) in [6, 6.07) is 10.1. The average Bonchev–Trinajstić information content (AvgIpc) is 2.79. The minimum atomic E-state index is -0.684. The zero-order valence-corrected chi connectivity index (χ0v) is 14.5. The highest BCUT2D eigenvalue weighted by atomic mass is 16.2. The van der Waals surface area contributed by atoms with E-state index in [0.29, 0.717) is 25.9 Å². The smallest absolute Gasteiger partial charge is 0.323 e. The topological polar surface area (TPSA) is 55.9 Å². The second-order valence-electron chi connectivity index (χ2n) is 7.03. The van der Waals surface area contributed by atoms with Crippen LogP contribution in [0.2, 0.25) is 0 Å². The van der Waals surface area contributed by atoms with Crippen molar-refractivity contribution in [1.82, 2.24) is 20.0 Å². The van der Waals surface area contributed by atoms with Gasteiger partial charge in [0.2, 0.25) is 0 Å². The molecule has 0 saturated carbocycles. The SMILES string of the molecule is CN(C)CCN1C(=O)NC2(CCN(Cc3ccccc3)CC2)C1=O. The number of nitrogens with zero attached hydrogens (tertiary/aromatic N) is 3. The molecule has 2 aliphatic rings. The molecule has 0 radical (unpaired) electrons. The van der Waals surface area contributed by atoms with E-state index in [2.05, 4.69) is 22.3 Å². The van der Waals surface area contributed by atoms with E-state index in [4.69, 9.17) is 0 Å². The first-order chi connectivity index (χ1) is 11.5. The molecule has 3 rings (SSSR count). The third-order valence-electron chi connectivity index (χ3n) is 4.98. The number of imide groups is 1. The summed E-state index contributed by atoms with van der Waals surface area (Å²) in [5, 5.41) is 2.97. The van der Waals surface area contributed by atoms with Gasteiger partial charge in [-0.3, -0.25) is 14.6 Å². The maximum Gasteiger partial charge on any atom is 0.325 e. The van der Waals surface area contributed by atoms with Crippen molar-refractivity contribution in [3.05, 3.63) is 35.9 Å². The lowest BCUT2D eigenvalue weighted by molar-refractivity contribution is -0.133. The van der Waals surface area contributed by atoms with Crippen LogP contribution < -0.4 is 5.32 Å². The molecule has 0 atom stereocenters.